The van der Waals surface area contributed by atoms with Gasteiger partial charge >= 0.3 is 5.97 Å². The molecule has 3 aromatic carbocycles. The second kappa shape index (κ2) is 12.4. The van der Waals surface area contributed by atoms with E-state index in [1.807, 2.05) is 109 Å². The number of epoxide rings is 1. The van der Waals surface area contributed by atoms with Gasteiger partial charge in [0.2, 0.25) is 11.4 Å². The Bertz CT molecular complexity index is 1740. The van der Waals surface area contributed by atoms with Crippen molar-refractivity contribution >= 4 is 40.1 Å². The van der Waals surface area contributed by atoms with Crippen LogP contribution in [0.15, 0.2) is 115 Å². The molecule has 8 nitrogen and oxygen atoms in total. The molecule has 1 fully saturated rings. The fraction of sp³-hybridized carbons (Fsp3) is 0.216. The number of carbonyl (C=O) groups excluding carboxylic acids is 2. The first-order valence-corrected chi connectivity index (χ1v) is 14.8. The average Bonchev–Trinajstić information content (AvgIpc) is 3.89. The average molecular weight is 603 g/mol. The zero-order valence-corrected chi connectivity index (χ0v) is 25.4. The van der Waals surface area contributed by atoms with Crippen LogP contribution in [0.1, 0.15) is 12.5 Å². The number of benzene rings is 3. The number of rotatable bonds is 10. The number of ketones is 1. The third kappa shape index (κ3) is 6.37. The fourth-order valence-corrected chi connectivity index (χ4v) is 5.29. The fourth-order valence-electron chi connectivity index (χ4n) is 5.29. The number of carbonyl (C=O) groups is 2. The van der Waals surface area contributed by atoms with Crippen LogP contribution in [0, 0.1) is 11.8 Å². The summed E-state index contributed by atoms with van der Waals surface area (Å²) in [5.41, 5.74) is 4.93. The van der Waals surface area contributed by atoms with Gasteiger partial charge in [0, 0.05) is 65.7 Å². The summed E-state index contributed by atoms with van der Waals surface area (Å²) in [6.07, 6.45) is 7.86. The molecular formula is C37H34N2O6. The SMILES string of the molecule is C=C(C)C(=O)Oc1ccc([N+](C)=C2C=CC(C3C(=O)C(c4ccc(N(C)c5ccc(OCC6CO6)cc5)cc4)=C3[O-])C=C2)cc1. The summed E-state index contributed by atoms with van der Waals surface area (Å²) < 4.78 is 18.1. The molecule has 2 aliphatic carbocycles. The van der Waals surface area contributed by atoms with E-state index in [0.29, 0.717) is 23.5 Å². The number of allylic oxidation sites excluding steroid dienone is 6. The Morgan fingerprint density at radius 1 is 0.978 bits per heavy atom. The minimum atomic E-state index is -0.712. The topological polar surface area (TPSA) is 94.4 Å². The predicted molar refractivity (Wildman–Crippen MR) is 171 cm³/mol. The monoisotopic (exact) mass is 602 g/mol. The molecular weight excluding hydrogens is 568 g/mol. The Morgan fingerprint density at radius 3 is 2.11 bits per heavy atom. The Hall–Kier alpha value is -5.21. The van der Waals surface area contributed by atoms with E-state index in [1.165, 1.54) is 0 Å². The van der Waals surface area contributed by atoms with Crippen LogP contribution in [0.3, 0.4) is 0 Å². The van der Waals surface area contributed by atoms with Crippen LogP contribution in [0.2, 0.25) is 0 Å². The highest BCUT2D eigenvalue weighted by atomic mass is 16.6. The number of ether oxygens (including phenoxy) is 3. The van der Waals surface area contributed by atoms with Crippen molar-refractivity contribution in [2.45, 2.75) is 13.0 Å². The van der Waals surface area contributed by atoms with Crippen LogP contribution >= 0.6 is 0 Å². The van der Waals surface area contributed by atoms with Crippen LogP contribution in [-0.2, 0) is 14.3 Å². The molecule has 0 amide bonds. The molecule has 0 saturated carbocycles. The number of esters is 1. The molecule has 1 saturated heterocycles. The van der Waals surface area contributed by atoms with Gasteiger partial charge in [0.1, 0.15) is 31.3 Å². The van der Waals surface area contributed by atoms with Crippen LogP contribution < -0.4 is 19.5 Å². The van der Waals surface area contributed by atoms with E-state index in [2.05, 4.69) is 6.58 Å². The largest absolute Gasteiger partial charge is 0.874 e. The molecule has 3 aromatic rings. The second-order valence-corrected chi connectivity index (χ2v) is 11.4. The lowest BCUT2D eigenvalue weighted by Crippen LogP contribution is -2.41. The van der Waals surface area contributed by atoms with Gasteiger partial charge in [0.25, 0.3) is 0 Å². The molecule has 8 heteroatoms. The Kier molecular flexibility index (Phi) is 8.24. The van der Waals surface area contributed by atoms with Gasteiger partial charge in [-0.3, -0.25) is 4.79 Å². The summed E-state index contributed by atoms with van der Waals surface area (Å²) in [4.78, 5) is 27.0. The summed E-state index contributed by atoms with van der Waals surface area (Å²) in [6.45, 7) is 6.51. The molecule has 0 radical (unpaired) electrons. The molecule has 0 bridgehead atoms. The van der Waals surface area contributed by atoms with Crippen LogP contribution in [0.5, 0.6) is 11.5 Å². The van der Waals surface area contributed by atoms with Crippen molar-refractivity contribution in [3.8, 4) is 11.5 Å². The Balaban J connectivity index is 1.09. The predicted octanol–water partition coefficient (Wildman–Crippen LogP) is 5.14. The first kappa shape index (κ1) is 29.8. The lowest BCUT2D eigenvalue weighted by atomic mass is 9.71. The van der Waals surface area contributed by atoms with Crippen molar-refractivity contribution < 1.29 is 33.5 Å². The normalized spacial score (nSPS) is 20.0. The van der Waals surface area contributed by atoms with Crippen molar-refractivity contribution in [2.24, 2.45) is 11.8 Å². The van der Waals surface area contributed by atoms with Gasteiger partial charge in [-0.2, -0.15) is 4.58 Å². The first-order chi connectivity index (χ1) is 21.7. The highest BCUT2D eigenvalue weighted by molar-refractivity contribution is 6.29. The minimum Gasteiger partial charge on any atom is -0.874 e. The highest BCUT2D eigenvalue weighted by Crippen LogP contribution is 2.41. The van der Waals surface area contributed by atoms with Gasteiger partial charge in [0.05, 0.1) is 6.61 Å². The van der Waals surface area contributed by atoms with Crippen molar-refractivity contribution in [2.75, 3.05) is 32.2 Å². The smallest absolute Gasteiger partial charge is 0.338 e. The molecule has 45 heavy (non-hydrogen) atoms. The number of nitrogens with zero attached hydrogens (tertiary/aromatic N) is 2. The zero-order valence-electron chi connectivity index (χ0n) is 25.4. The van der Waals surface area contributed by atoms with E-state index < -0.39 is 11.9 Å². The summed E-state index contributed by atoms with van der Waals surface area (Å²) in [5.74, 6) is -0.520. The van der Waals surface area contributed by atoms with Gasteiger partial charge in [-0.05, 0) is 61.0 Å². The Labute approximate surface area is 262 Å². The molecule has 228 valence electrons. The van der Waals surface area contributed by atoms with Crippen molar-refractivity contribution in [3.05, 3.63) is 121 Å². The summed E-state index contributed by atoms with van der Waals surface area (Å²) in [6, 6.07) is 22.5. The Morgan fingerprint density at radius 2 is 1.56 bits per heavy atom. The van der Waals surface area contributed by atoms with Crippen molar-refractivity contribution in [1.29, 1.82) is 0 Å². The lowest BCUT2D eigenvalue weighted by Gasteiger charge is -2.40. The minimum absolute atomic E-state index is 0.135. The van der Waals surface area contributed by atoms with E-state index in [-0.39, 0.29) is 29.1 Å². The molecule has 0 spiro atoms. The second-order valence-electron chi connectivity index (χ2n) is 11.4. The van der Waals surface area contributed by atoms with Gasteiger partial charge in [-0.1, -0.05) is 30.9 Å². The number of Topliss-reactive ketones (excluding diaryl/α,β-unsaturated/α-hetero) is 1. The number of hydrogen-bond donors (Lipinski definition) is 0. The van der Waals surface area contributed by atoms with Crippen LogP contribution in [0.25, 0.3) is 5.57 Å². The van der Waals surface area contributed by atoms with Gasteiger partial charge in [0.15, 0.2) is 5.78 Å². The van der Waals surface area contributed by atoms with Crippen molar-refractivity contribution in [3.63, 3.8) is 0 Å². The standard InChI is InChI=1S/C37H34N2O6/c1-23(2)37(42)45-31-19-15-29(16-20-31)39(4)27-11-7-25(8-12-27)34-35(40)33(36(34)41)24-5-9-26(10-6-24)38(3)28-13-17-30(18-14-28)43-21-32-22-44-32/h5-20,25,32,34H,1,21-22H2,2-4H3. The summed E-state index contributed by atoms with van der Waals surface area (Å²) in [7, 11) is 3.88. The van der Waals surface area contributed by atoms with Gasteiger partial charge in [-0.15, -0.1) is 5.76 Å². The van der Waals surface area contributed by atoms with Gasteiger partial charge < -0.3 is 24.2 Å². The van der Waals surface area contributed by atoms with Crippen LogP contribution in [-0.4, -0.2) is 55.5 Å². The molecule has 3 aliphatic rings. The maximum absolute atomic E-state index is 13.2. The maximum atomic E-state index is 13.2. The number of hydrogen-bond acceptors (Lipinski definition) is 7. The van der Waals surface area contributed by atoms with Gasteiger partial charge in [-0.25, -0.2) is 4.79 Å². The third-order valence-corrected chi connectivity index (χ3v) is 8.20. The highest BCUT2D eigenvalue weighted by Gasteiger charge is 2.38. The lowest BCUT2D eigenvalue weighted by molar-refractivity contribution is -0.403. The third-order valence-electron chi connectivity index (χ3n) is 8.20. The molecule has 2 unspecified atom stereocenters. The molecule has 0 aromatic heterocycles. The van der Waals surface area contributed by atoms with E-state index >= 15 is 0 Å². The maximum Gasteiger partial charge on any atom is 0.338 e. The van der Waals surface area contributed by atoms with E-state index in [0.717, 1.165) is 35.1 Å². The molecule has 1 heterocycles. The zero-order chi connectivity index (χ0) is 31.7. The molecule has 1 aliphatic heterocycles. The van der Waals surface area contributed by atoms with E-state index in [1.54, 1.807) is 19.1 Å². The van der Waals surface area contributed by atoms with E-state index in [9.17, 15) is 14.7 Å². The van der Waals surface area contributed by atoms with Crippen LogP contribution in [0.4, 0.5) is 17.1 Å². The summed E-state index contributed by atoms with van der Waals surface area (Å²) >= 11 is 0. The summed E-state index contributed by atoms with van der Waals surface area (Å²) in [5, 5.41) is 13.2. The molecule has 2 atom stereocenters. The van der Waals surface area contributed by atoms with E-state index in [4.69, 9.17) is 14.2 Å². The molecule has 6 rings (SSSR count). The van der Waals surface area contributed by atoms with Crippen molar-refractivity contribution in [1.82, 2.24) is 0 Å². The first-order valence-electron chi connectivity index (χ1n) is 14.8. The quantitative estimate of drug-likeness (QED) is 0.104. The molecule has 0 N–H and O–H groups in total. The number of anilines is 2.